The summed E-state index contributed by atoms with van der Waals surface area (Å²) >= 11 is 0. The van der Waals surface area contributed by atoms with E-state index >= 15 is 0 Å². The topological polar surface area (TPSA) is 49.7 Å². The van der Waals surface area contributed by atoms with E-state index in [2.05, 4.69) is 0 Å². The second kappa shape index (κ2) is 5.30. The molecule has 1 saturated heterocycles. The highest BCUT2D eigenvalue weighted by molar-refractivity contribution is 6.97. The Labute approximate surface area is 119 Å². The molecule has 1 fully saturated rings. The summed E-state index contributed by atoms with van der Waals surface area (Å²) in [4.78, 5) is 0. The largest absolute Gasteiger partial charge is 0.508 e. The molecule has 0 unspecified atom stereocenters. The van der Waals surface area contributed by atoms with Gasteiger partial charge in [-0.05, 0) is 47.1 Å². The van der Waals surface area contributed by atoms with Gasteiger partial charge < -0.3 is 14.6 Å². The molecule has 1 heterocycles. The van der Waals surface area contributed by atoms with Gasteiger partial charge in [-0.3, -0.25) is 0 Å². The van der Waals surface area contributed by atoms with Crippen molar-refractivity contribution in [1.29, 1.82) is 0 Å². The molecule has 0 spiro atoms. The predicted octanol–water partition coefficient (Wildman–Crippen LogP) is 1.97. The van der Waals surface area contributed by atoms with Crippen molar-refractivity contribution in [3.8, 4) is 11.5 Å². The molecule has 0 amide bonds. The SMILES string of the molecule is Oc1ccc([Si]2(c3ccc(O)cc3)CCCCO2)cc1. The minimum absolute atomic E-state index is 0.277. The number of hydrogen-bond acceptors (Lipinski definition) is 3. The lowest BCUT2D eigenvalue weighted by molar-refractivity contribution is 0.284. The third-order valence-corrected chi connectivity index (χ3v) is 8.23. The Bertz CT molecular complexity index is 524. The highest BCUT2D eigenvalue weighted by Gasteiger charge is 2.40. The highest BCUT2D eigenvalue weighted by Crippen LogP contribution is 2.23. The van der Waals surface area contributed by atoms with Gasteiger partial charge in [0, 0.05) is 6.61 Å². The highest BCUT2D eigenvalue weighted by atomic mass is 28.4. The van der Waals surface area contributed by atoms with Crippen LogP contribution in [0.4, 0.5) is 0 Å². The zero-order valence-corrected chi connectivity index (χ0v) is 12.2. The summed E-state index contributed by atoms with van der Waals surface area (Å²) in [6, 6.07) is 15.8. The molecular weight excluding hydrogens is 268 g/mol. The molecular formula is C16H18O3Si. The van der Waals surface area contributed by atoms with E-state index < -0.39 is 8.32 Å². The van der Waals surface area contributed by atoms with E-state index in [0.717, 1.165) is 25.5 Å². The summed E-state index contributed by atoms with van der Waals surface area (Å²) < 4.78 is 6.29. The Hall–Kier alpha value is -1.78. The molecule has 3 rings (SSSR count). The summed E-state index contributed by atoms with van der Waals surface area (Å²) in [6.45, 7) is 0.786. The van der Waals surface area contributed by atoms with E-state index in [-0.39, 0.29) is 11.5 Å². The van der Waals surface area contributed by atoms with Gasteiger partial charge in [0.2, 0.25) is 0 Å². The van der Waals surface area contributed by atoms with Crippen molar-refractivity contribution in [3.05, 3.63) is 48.5 Å². The fraction of sp³-hybridized carbons (Fsp3) is 0.250. The first-order chi connectivity index (χ1) is 9.71. The molecule has 0 saturated carbocycles. The van der Waals surface area contributed by atoms with E-state index in [0.29, 0.717) is 0 Å². The summed E-state index contributed by atoms with van der Waals surface area (Å²) in [5, 5.41) is 21.3. The Morgan fingerprint density at radius 2 is 1.25 bits per heavy atom. The van der Waals surface area contributed by atoms with Crippen molar-refractivity contribution < 1.29 is 14.6 Å². The van der Waals surface area contributed by atoms with Crippen molar-refractivity contribution in [1.82, 2.24) is 0 Å². The number of aromatic hydroxyl groups is 2. The quantitative estimate of drug-likeness (QED) is 0.830. The van der Waals surface area contributed by atoms with Crippen LogP contribution in [0.3, 0.4) is 0 Å². The van der Waals surface area contributed by atoms with Crippen molar-refractivity contribution in [2.75, 3.05) is 6.61 Å². The molecule has 0 aliphatic carbocycles. The first-order valence-electron chi connectivity index (χ1n) is 6.94. The van der Waals surface area contributed by atoms with E-state index in [9.17, 15) is 10.2 Å². The van der Waals surface area contributed by atoms with Crippen LogP contribution in [0.5, 0.6) is 11.5 Å². The molecule has 0 radical (unpaired) electrons. The van der Waals surface area contributed by atoms with E-state index in [4.69, 9.17) is 4.43 Å². The average Bonchev–Trinajstić information content (AvgIpc) is 2.49. The second-order valence-corrected chi connectivity index (χ2v) is 8.82. The normalized spacial score (nSPS) is 17.8. The third kappa shape index (κ3) is 2.32. The molecule has 1 aliphatic heterocycles. The molecule has 20 heavy (non-hydrogen) atoms. The van der Waals surface area contributed by atoms with Crippen LogP contribution in [-0.4, -0.2) is 25.1 Å². The lowest BCUT2D eigenvalue weighted by Crippen LogP contribution is -2.62. The monoisotopic (exact) mass is 286 g/mol. The zero-order valence-electron chi connectivity index (χ0n) is 11.2. The minimum Gasteiger partial charge on any atom is -0.508 e. The van der Waals surface area contributed by atoms with Crippen molar-refractivity contribution in [3.63, 3.8) is 0 Å². The van der Waals surface area contributed by atoms with Gasteiger partial charge in [0.15, 0.2) is 0 Å². The number of phenolic OH excluding ortho intramolecular Hbond substituents is 2. The van der Waals surface area contributed by atoms with Crippen LogP contribution < -0.4 is 10.4 Å². The van der Waals surface area contributed by atoms with E-state index in [1.807, 2.05) is 24.3 Å². The van der Waals surface area contributed by atoms with Crippen LogP contribution in [-0.2, 0) is 4.43 Å². The first-order valence-corrected chi connectivity index (χ1v) is 9.05. The molecule has 2 N–H and O–H groups in total. The van der Waals surface area contributed by atoms with Gasteiger partial charge >= 0.3 is 0 Å². The van der Waals surface area contributed by atoms with Gasteiger partial charge in [0.25, 0.3) is 8.32 Å². The molecule has 3 nitrogen and oxygen atoms in total. The fourth-order valence-electron chi connectivity index (χ4n) is 2.88. The van der Waals surface area contributed by atoms with Crippen LogP contribution in [0.2, 0.25) is 6.04 Å². The second-order valence-electron chi connectivity index (χ2n) is 5.23. The molecule has 4 heteroatoms. The minimum atomic E-state index is -2.20. The summed E-state index contributed by atoms with van der Waals surface area (Å²) in [5.74, 6) is 0.554. The Balaban J connectivity index is 2.08. The summed E-state index contributed by atoms with van der Waals surface area (Å²) in [7, 11) is -2.20. The summed E-state index contributed by atoms with van der Waals surface area (Å²) in [5.41, 5.74) is 0. The summed E-state index contributed by atoms with van der Waals surface area (Å²) in [6.07, 6.45) is 2.26. The molecule has 0 aromatic heterocycles. The lowest BCUT2D eigenvalue weighted by atomic mass is 10.3. The maximum absolute atomic E-state index is 9.49. The van der Waals surface area contributed by atoms with Gasteiger partial charge in [-0.1, -0.05) is 30.7 Å². The van der Waals surface area contributed by atoms with Crippen molar-refractivity contribution in [2.24, 2.45) is 0 Å². The van der Waals surface area contributed by atoms with Crippen LogP contribution in [0.1, 0.15) is 12.8 Å². The van der Waals surface area contributed by atoms with E-state index in [1.165, 1.54) is 10.4 Å². The van der Waals surface area contributed by atoms with Gasteiger partial charge in [0.1, 0.15) is 11.5 Å². The zero-order chi connectivity index (χ0) is 14.0. The van der Waals surface area contributed by atoms with Crippen molar-refractivity contribution in [2.45, 2.75) is 18.9 Å². The van der Waals surface area contributed by atoms with Crippen LogP contribution in [0, 0.1) is 0 Å². The van der Waals surface area contributed by atoms with Crippen LogP contribution in [0.25, 0.3) is 0 Å². The smallest absolute Gasteiger partial charge is 0.255 e. The van der Waals surface area contributed by atoms with Gasteiger partial charge in [0.05, 0.1) is 0 Å². The van der Waals surface area contributed by atoms with Crippen LogP contribution >= 0.6 is 0 Å². The molecule has 2 aromatic carbocycles. The molecule has 1 aliphatic rings. The van der Waals surface area contributed by atoms with Gasteiger partial charge in [-0.15, -0.1) is 0 Å². The Morgan fingerprint density at radius 1 is 0.750 bits per heavy atom. The maximum atomic E-state index is 9.49. The Kier molecular flexibility index (Phi) is 3.50. The molecule has 0 atom stereocenters. The lowest BCUT2D eigenvalue weighted by Gasteiger charge is -2.35. The fourth-order valence-corrected chi connectivity index (χ4v) is 6.92. The van der Waals surface area contributed by atoms with Gasteiger partial charge in [-0.25, -0.2) is 0 Å². The van der Waals surface area contributed by atoms with Crippen LogP contribution in [0.15, 0.2) is 48.5 Å². The predicted molar refractivity (Wildman–Crippen MR) is 81.2 cm³/mol. The standard InChI is InChI=1S/C16H18O3Si/c17-13-3-7-15(8-4-13)20(12-2-1-11-19-20)16-9-5-14(18)6-10-16/h3-10,17-18H,1-2,11-12H2. The Morgan fingerprint density at radius 3 is 1.65 bits per heavy atom. The molecule has 2 aromatic rings. The average molecular weight is 286 g/mol. The third-order valence-electron chi connectivity index (χ3n) is 3.94. The maximum Gasteiger partial charge on any atom is 0.255 e. The number of benzene rings is 2. The molecule has 104 valence electrons. The van der Waals surface area contributed by atoms with Crippen molar-refractivity contribution >= 4 is 18.7 Å². The number of rotatable bonds is 2. The van der Waals surface area contributed by atoms with E-state index in [1.54, 1.807) is 24.3 Å². The first kappa shape index (κ1) is 13.2. The molecule has 0 bridgehead atoms. The number of phenols is 2. The number of hydrogen-bond donors (Lipinski definition) is 2. The van der Waals surface area contributed by atoms with Gasteiger partial charge in [-0.2, -0.15) is 0 Å².